The Labute approximate surface area is 116 Å². The first-order valence-electron chi connectivity index (χ1n) is 6.32. The number of halogens is 3. The molecule has 108 valence electrons. The van der Waals surface area contributed by atoms with E-state index in [1.165, 1.54) is 13.0 Å². The number of aryl methyl sites for hydroxylation is 1. The highest BCUT2D eigenvalue weighted by molar-refractivity contribution is 5.84. The van der Waals surface area contributed by atoms with Crippen LogP contribution in [0.15, 0.2) is 11.1 Å². The molecule has 0 bridgehead atoms. The zero-order valence-electron chi connectivity index (χ0n) is 11.7. The minimum atomic E-state index is -4.63. The predicted octanol–water partition coefficient (Wildman–Crippen LogP) is 4.56. The average molecular weight is 283 g/mol. The Morgan fingerprint density at radius 2 is 2.10 bits per heavy atom. The maximum Gasteiger partial charge on any atom is 0.434 e. The van der Waals surface area contributed by atoms with Gasteiger partial charge in [0, 0.05) is 5.71 Å². The van der Waals surface area contributed by atoms with Gasteiger partial charge in [0.15, 0.2) is 5.69 Å². The van der Waals surface area contributed by atoms with E-state index in [2.05, 4.69) is 9.98 Å². The highest BCUT2D eigenvalue weighted by atomic mass is 19.4. The number of alkyl halides is 3. The van der Waals surface area contributed by atoms with Gasteiger partial charge in [-0.2, -0.15) is 18.4 Å². The molecule has 0 aromatic carbocycles. The van der Waals surface area contributed by atoms with Crippen molar-refractivity contribution in [3.63, 3.8) is 0 Å². The molecule has 1 heterocycles. The zero-order valence-corrected chi connectivity index (χ0v) is 11.7. The van der Waals surface area contributed by atoms with E-state index >= 15 is 0 Å². The molecular weight excluding hydrogens is 267 g/mol. The first kappa shape index (κ1) is 16.2. The van der Waals surface area contributed by atoms with Crippen LogP contribution in [0.2, 0.25) is 0 Å². The van der Waals surface area contributed by atoms with Crippen molar-refractivity contribution in [1.82, 2.24) is 4.98 Å². The third-order valence-corrected chi connectivity index (χ3v) is 2.78. The van der Waals surface area contributed by atoms with Gasteiger partial charge in [-0.05, 0) is 32.8 Å². The third kappa shape index (κ3) is 4.05. The van der Waals surface area contributed by atoms with Crippen LogP contribution in [0.5, 0.6) is 0 Å². The number of rotatable bonds is 4. The van der Waals surface area contributed by atoms with E-state index in [0.29, 0.717) is 5.69 Å². The molecule has 1 aromatic heterocycles. The number of hydrogen-bond acceptors (Lipinski definition) is 3. The van der Waals surface area contributed by atoms with Crippen LogP contribution in [0, 0.1) is 18.3 Å². The van der Waals surface area contributed by atoms with Crippen molar-refractivity contribution in [3.05, 3.63) is 23.0 Å². The van der Waals surface area contributed by atoms with E-state index in [1.807, 2.05) is 13.8 Å². The molecule has 0 aliphatic carbocycles. The Bertz CT molecular complexity index is 554. The molecule has 0 atom stereocenters. The van der Waals surface area contributed by atoms with E-state index in [-0.39, 0.29) is 5.69 Å². The first-order valence-corrected chi connectivity index (χ1v) is 6.32. The summed E-state index contributed by atoms with van der Waals surface area (Å²) < 4.78 is 38.2. The third-order valence-electron chi connectivity index (χ3n) is 2.78. The lowest BCUT2D eigenvalue weighted by Gasteiger charge is -2.10. The Hall–Kier alpha value is -1.90. The highest BCUT2D eigenvalue weighted by Gasteiger charge is 2.36. The lowest BCUT2D eigenvalue weighted by atomic mass is 10.1. The second-order valence-corrected chi connectivity index (χ2v) is 4.55. The predicted molar refractivity (Wildman–Crippen MR) is 71.0 cm³/mol. The Kier molecular flexibility index (Phi) is 5.26. The fraction of sp³-hybridized carbons (Fsp3) is 0.500. The maximum atomic E-state index is 12.7. The normalized spacial score (nSPS) is 12.3. The molecule has 0 fully saturated rings. The lowest BCUT2D eigenvalue weighted by Crippen LogP contribution is -2.11. The number of nitriles is 1. The largest absolute Gasteiger partial charge is 0.434 e. The van der Waals surface area contributed by atoms with E-state index in [0.717, 1.165) is 31.0 Å². The minimum Gasteiger partial charge on any atom is -0.256 e. The molecular formula is C14H16F3N3. The van der Waals surface area contributed by atoms with Gasteiger partial charge in [-0.25, -0.2) is 4.98 Å². The van der Waals surface area contributed by atoms with Gasteiger partial charge >= 0.3 is 6.18 Å². The van der Waals surface area contributed by atoms with Crippen molar-refractivity contribution in [3.8, 4) is 6.07 Å². The maximum absolute atomic E-state index is 12.7. The molecule has 0 unspecified atom stereocenters. The average Bonchev–Trinajstić information content (AvgIpc) is 2.37. The van der Waals surface area contributed by atoms with Crippen LogP contribution in [0.3, 0.4) is 0 Å². The smallest absolute Gasteiger partial charge is 0.256 e. The fourth-order valence-electron chi connectivity index (χ4n) is 1.70. The number of unbranched alkanes of at least 4 members (excludes halogenated alkanes) is 1. The summed E-state index contributed by atoms with van der Waals surface area (Å²) in [6, 6.07) is 2.69. The van der Waals surface area contributed by atoms with E-state index in [1.54, 1.807) is 0 Å². The Balaban J connectivity index is 3.22. The summed E-state index contributed by atoms with van der Waals surface area (Å²) >= 11 is 0. The zero-order chi connectivity index (χ0) is 15.3. The summed E-state index contributed by atoms with van der Waals surface area (Å²) in [5.74, 6) is 0. The van der Waals surface area contributed by atoms with E-state index in [9.17, 15) is 13.2 Å². The molecule has 6 heteroatoms. The summed E-state index contributed by atoms with van der Waals surface area (Å²) in [4.78, 5) is 7.76. The molecule has 0 saturated heterocycles. The summed E-state index contributed by atoms with van der Waals surface area (Å²) in [7, 11) is 0. The second-order valence-electron chi connectivity index (χ2n) is 4.55. The number of nitrogens with zero attached hydrogens (tertiary/aromatic N) is 3. The van der Waals surface area contributed by atoms with Gasteiger partial charge in [0.2, 0.25) is 0 Å². The number of aliphatic imine (C=N–C) groups is 1. The Morgan fingerprint density at radius 1 is 1.45 bits per heavy atom. The molecule has 3 nitrogen and oxygen atoms in total. The molecule has 0 radical (unpaired) electrons. The standard InChI is InChI=1S/C14H16F3N3/c1-4-5-6-9(2)19-12-7-11(8-18)13(14(15,16)17)20-10(12)3/h7H,4-6H2,1-3H3. The van der Waals surface area contributed by atoms with Gasteiger partial charge in [0.1, 0.15) is 6.07 Å². The molecule has 0 spiro atoms. The molecule has 0 aliphatic rings. The van der Waals surface area contributed by atoms with Gasteiger partial charge in [0.05, 0.1) is 16.9 Å². The quantitative estimate of drug-likeness (QED) is 0.760. The monoisotopic (exact) mass is 283 g/mol. The number of pyridine rings is 1. The summed E-state index contributed by atoms with van der Waals surface area (Å²) in [5.41, 5.74) is -0.330. The van der Waals surface area contributed by atoms with Crippen LogP contribution in [0.1, 0.15) is 50.1 Å². The van der Waals surface area contributed by atoms with Gasteiger partial charge in [-0.3, -0.25) is 4.99 Å². The second kappa shape index (κ2) is 6.51. The van der Waals surface area contributed by atoms with Crippen LogP contribution >= 0.6 is 0 Å². The molecule has 0 N–H and O–H groups in total. The molecule has 20 heavy (non-hydrogen) atoms. The van der Waals surface area contributed by atoms with Crippen molar-refractivity contribution >= 4 is 11.4 Å². The highest BCUT2D eigenvalue weighted by Crippen LogP contribution is 2.33. The van der Waals surface area contributed by atoms with Crippen molar-refractivity contribution in [1.29, 1.82) is 5.26 Å². The summed E-state index contributed by atoms with van der Waals surface area (Å²) in [6.45, 7) is 5.33. The summed E-state index contributed by atoms with van der Waals surface area (Å²) in [6.07, 6.45) is -1.87. The van der Waals surface area contributed by atoms with Gasteiger partial charge in [0.25, 0.3) is 0 Å². The van der Waals surface area contributed by atoms with Gasteiger partial charge < -0.3 is 0 Å². The Morgan fingerprint density at radius 3 is 2.60 bits per heavy atom. The van der Waals surface area contributed by atoms with E-state index in [4.69, 9.17) is 5.26 Å². The molecule has 1 rings (SSSR count). The molecule has 0 aliphatic heterocycles. The lowest BCUT2D eigenvalue weighted by molar-refractivity contribution is -0.141. The van der Waals surface area contributed by atoms with Crippen LogP contribution in [-0.2, 0) is 6.18 Å². The molecule has 1 aromatic rings. The number of aromatic nitrogens is 1. The van der Waals surface area contributed by atoms with Crippen LogP contribution < -0.4 is 0 Å². The van der Waals surface area contributed by atoms with E-state index < -0.39 is 17.4 Å². The minimum absolute atomic E-state index is 0.173. The molecule has 0 saturated carbocycles. The van der Waals surface area contributed by atoms with Crippen molar-refractivity contribution < 1.29 is 13.2 Å². The van der Waals surface area contributed by atoms with Gasteiger partial charge in [-0.1, -0.05) is 13.3 Å². The van der Waals surface area contributed by atoms with Crippen LogP contribution in [0.4, 0.5) is 18.9 Å². The fourth-order valence-corrected chi connectivity index (χ4v) is 1.70. The summed E-state index contributed by atoms with van der Waals surface area (Å²) in [5, 5.41) is 8.83. The van der Waals surface area contributed by atoms with Crippen molar-refractivity contribution in [2.75, 3.05) is 0 Å². The van der Waals surface area contributed by atoms with Gasteiger partial charge in [-0.15, -0.1) is 0 Å². The number of hydrogen-bond donors (Lipinski definition) is 0. The molecule has 0 amide bonds. The topological polar surface area (TPSA) is 49.0 Å². The van der Waals surface area contributed by atoms with Crippen molar-refractivity contribution in [2.45, 2.75) is 46.2 Å². The van der Waals surface area contributed by atoms with Crippen LogP contribution in [-0.4, -0.2) is 10.7 Å². The van der Waals surface area contributed by atoms with Crippen LogP contribution in [0.25, 0.3) is 0 Å². The van der Waals surface area contributed by atoms with Crippen molar-refractivity contribution in [2.24, 2.45) is 4.99 Å². The first-order chi connectivity index (χ1) is 9.29. The SMILES string of the molecule is CCCCC(C)=Nc1cc(C#N)c(C(F)(F)F)nc1C.